The molecule has 2 aliphatic heterocycles. The van der Waals surface area contributed by atoms with Gasteiger partial charge < -0.3 is 50.1 Å². The van der Waals surface area contributed by atoms with Crippen molar-refractivity contribution in [2.24, 2.45) is 17.6 Å². The number of benzene rings is 5. The van der Waals surface area contributed by atoms with Crippen molar-refractivity contribution in [3.05, 3.63) is 138 Å². The first-order valence-electron chi connectivity index (χ1n) is 29.6. The van der Waals surface area contributed by atoms with Crippen LogP contribution in [0.5, 0.6) is 11.5 Å². The Labute approximate surface area is 521 Å². The average Bonchev–Trinajstić information content (AvgIpc) is 1.78. The molecule has 5 aromatic carbocycles. The first-order chi connectivity index (χ1) is 42.7. The van der Waals surface area contributed by atoms with Gasteiger partial charge in [0, 0.05) is 106 Å². The molecule has 23 heteroatoms. The second-order valence-corrected chi connectivity index (χ2v) is 23.0. The SMILES string of the molecule is CC(C)C(CCCNC(=O)CCCN1C(=O)C=CC1=O)C(=O)N[C@@H](CCCNC(N)=O)C(=O)Cc1ccc(COC(=O)N(C)c2ccccc2N(C)C(=O)Oc2cc3c(c4ccccc24)[C@H](CCl)CN3C(=O)c2cc3cc(OCCN(C)C)ccc3o2)cc1. The number of furan rings is 1. The number of Topliss-reactive ketones (excluding diaryl/α,β-unsaturated/α-hetero) is 1. The number of urea groups is 1. The number of halogens is 1. The van der Waals surface area contributed by atoms with Crippen LogP contribution in [0.3, 0.4) is 0 Å². The zero-order chi connectivity index (χ0) is 63.9. The summed E-state index contributed by atoms with van der Waals surface area (Å²) in [5, 5.41) is 10.4. The molecule has 8 rings (SSSR count). The third-order valence-corrected chi connectivity index (χ3v) is 16.1. The molecule has 470 valence electrons. The van der Waals surface area contributed by atoms with Gasteiger partial charge in [-0.1, -0.05) is 74.5 Å². The van der Waals surface area contributed by atoms with Crippen LogP contribution in [0.15, 0.2) is 120 Å². The number of rotatable bonds is 29. The molecule has 0 saturated heterocycles. The minimum absolute atomic E-state index is 0.0347. The molecular formula is C66H76ClN9O13. The molecule has 22 nitrogen and oxygen atoms in total. The van der Waals surface area contributed by atoms with Gasteiger partial charge in [0.2, 0.25) is 11.8 Å². The van der Waals surface area contributed by atoms with Gasteiger partial charge >= 0.3 is 18.2 Å². The smallest absolute Gasteiger partial charge is 0.419 e. The molecule has 3 atom stereocenters. The van der Waals surface area contributed by atoms with E-state index in [1.807, 2.05) is 63.2 Å². The summed E-state index contributed by atoms with van der Waals surface area (Å²) >= 11 is 6.60. The van der Waals surface area contributed by atoms with E-state index >= 15 is 0 Å². The summed E-state index contributed by atoms with van der Waals surface area (Å²) in [7, 11) is 6.96. The minimum atomic E-state index is -0.890. The second kappa shape index (κ2) is 30.6. The standard InChI is InChI=1S/C66H76ClN9O13/c1-41(2)47(16-11-29-69-58(78)20-13-31-75-59(79)27-28-60(75)80)62(81)71-50(17-12-30-70-64(68)83)54(77)34-42-21-23-43(24-22-42)40-87-65(84)73(5)51-18-9-10-19-52(51)74(6)66(85)89-56-37-53-61(49-15-8-7-14-48(49)56)45(38-67)39-76(53)63(82)57-36-44-35-46(25-26-55(44)88-57)86-33-32-72(3)4/h7-10,14-15,18-19,21-28,35-37,41,45,47,50H,11-13,16-17,20,29-34,38-40H2,1-6H3,(H,69,78)(H,71,81)(H3,68,70,83)/t45-,47?,50+/m1/s1. The monoisotopic (exact) mass is 1240 g/mol. The molecule has 0 saturated carbocycles. The summed E-state index contributed by atoms with van der Waals surface area (Å²) in [5.74, 6) is -1.65. The first kappa shape index (κ1) is 65.7. The maximum atomic E-state index is 14.4. The number of carbonyl (C=O) groups excluding carboxylic acids is 9. The lowest BCUT2D eigenvalue weighted by Gasteiger charge is -2.25. The fourth-order valence-corrected chi connectivity index (χ4v) is 11.0. The lowest BCUT2D eigenvalue weighted by Crippen LogP contribution is -2.46. The number of nitrogens with one attached hydrogen (secondary N) is 3. The number of primary amides is 1. The number of ketones is 1. The van der Waals surface area contributed by atoms with E-state index in [2.05, 4.69) is 16.0 Å². The number of fused-ring (bicyclic) bond motifs is 4. The topological polar surface area (TPSA) is 273 Å². The largest absolute Gasteiger partial charge is 0.492 e. The van der Waals surface area contributed by atoms with Crippen molar-refractivity contribution >= 4 is 104 Å². The maximum absolute atomic E-state index is 14.4. The summed E-state index contributed by atoms with van der Waals surface area (Å²) in [6, 6.07) is 28.3. The molecule has 0 aliphatic carbocycles. The maximum Gasteiger partial charge on any atom is 0.419 e. The highest BCUT2D eigenvalue weighted by molar-refractivity contribution is 6.19. The van der Waals surface area contributed by atoms with Crippen LogP contribution in [0.4, 0.5) is 31.4 Å². The van der Waals surface area contributed by atoms with Crippen LogP contribution >= 0.6 is 11.6 Å². The Bertz CT molecular complexity index is 3610. The number of ether oxygens (including phenoxy) is 3. The second-order valence-electron chi connectivity index (χ2n) is 22.7. The molecule has 0 radical (unpaired) electrons. The van der Waals surface area contributed by atoms with E-state index in [0.29, 0.717) is 89.1 Å². The number of likely N-dealkylation sites (N-methyl/N-ethyl adjacent to an activating group) is 1. The summed E-state index contributed by atoms with van der Waals surface area (Å²) in [4.78, 5) is 125. The van der Waals surface area contributed by atoms with Gasteiger partial charge in [0.25, 0.3) is 17.7 Å². The Morgan fingerprint density at radius 1 is 0.764 bits per heavy atom. The number of carbonyl (C=O) groups is 9. The molecule has 3 heterocycles. The number of anilines is 3. The summed E-state index contributed by atoms with van der Waals surface area (Å²) in [6.45, 7) is 5.79. The highest BCUT2D eigenvalue weighted by Crippen LogP contribution is 2.46. The summed E-state index contributed by atoms with van der Waals surface area (Å²) in [5.41, 5.74) is 9.07. The molecule has 5 N–H and O–H groups in total. The number of amides is 9. The van der Waals surface area contributed by atoms with E-state index in [0.717, 1.165) is 22.4 Å². The van der Waals surface area contributed by atoms with E-state index in [9.17, 15) is 43.2 Å². The fourth-order valence-electron chi connectivity index (χ4n) is 10.8. The zero-order valence-electron chi connectivity index (χ0n) is 50.9. The third kappa shape index (κ3) is 16.9. The van der Waals surface area contributed by atoms with E-state index in [1.54, 1.807) is 77.7 Å². The van der Waals surface area contributed by atoms with Gasteiger partial charge in [-0.2, -0.15) is 0 Å². The Hall–Kier alpha value is -9.28. The highest BCUT2D eigenvalue weighted by Gasteiger charge is 2.37. The number of hydrogen-bond acceptors (Lipinski definition) is 14. The lowest BCUT2D eigenvalue weighted by molar-refractivity contribution is -0.137. The van der Waals surface area contributed by atoms with Crippen LogP contribution in [-0.2, 0) is 41.7 Å². The zero-order valence-corrected chi connectivity index (χ0v) is 51.6. The van der Waals surface area contributed by atoms with Crippen LogP contribution in [0, 0.1) is 11.8 Å². The van der Waals surface area contributed by atoms with Gasteiger partial charge in [0.1, 0.15) is 30.3 Å². The quantitative estimate of drug-likeness (QED) is 0.0194. The van der Waals surface area contributed by atoms with E-state index in [4.69, 9.17) is 36.0 Å². The Kier molecular flexibility index (Phi) is 22.6. The normalized spacial score (nSPS) is 14.2. The van der Waals surface area contributed by atoms with Crippen molar-refractivity contribution < 1.29 is 61.8 Å². The molecule has 1 aromatic heterocycles. The average molecular weight is 1240 g/mol. The molecule has 0 fully saturated rings. The van der Waals surface area contributed by atoms with Crippen LogP contribution in [0.25, 0.3) is 21.7 Å². The van der Waals surface area contributed by atoms with E-state index in [1.165, 1.54) is 36.0 Å². The molecular weight excluding hydrogens is 1160 g/mol. The first-order valence-corrected chi connectivity index (χ1v) is 30.2. The predicted molar refractivity (Wildman–Crippen MR) is 338 cm³/mol. The highest BCUT2D eigenvalue weighted by atomic mass is 35.5. The van der Waals surface area contributed by atoms with Crippen molar-refractivity contribution in [1.82, 2.24) is 25.8 Å². The predicted octanol–water partition coefficient (Wildman–Crippen LogP) is 8.84. The summed E-state index contributed by atoms with van der Waals surface area (Å²) in [6.07, 6.45) is 2.78. The lowest BCUT2D eigenvalue weighted by atomic mass is 9.89. The molecule has 0 spiro atoms. The van der Waals surface area contributed by atoms with Crippen molar-refractivity contribution in [2.75, 3.05) is 88.1 Å². The fraction of sp³-hybridized carbons (Fsp3) is 0.379. The Morgan fingerprint density at radius 2 is 1.42 bits per heavy atom. The van der Waals surface area contributed by atoms with Gasteiger partial charge in [-0.3, -0.25) is 43.5 Å². The minimum Gasteiger partial charge on any atom is -0.492 e. The number of hydrogen-bond donors (Lipinski definition) is 4. The molecule has 1 unspecified atom stereocenters. The van der Waals surface area contributed by atoms with Crippen LogP contribution < -0.4 is 45.9 Å². The van der Waals surface area contributed by atoms with Crippen LogP contribution in [-0.4, -0.2) is 143 Å². The van der Waals surface area contributed by atoms with E-state index < -0.39 is 47.9 Å². The third-order valence-electron chi connectivity index (χ3n) is 15.7. The number of para-hydroxylation sites is 2. The van der Waals surface area contributed by atoms with Crippen molar-refractivity contribution in [1.29, 1.82) is 0 Å². The van der Waals surface area contributed by atoms with Gasteiger partial charge in [-0.05, 0) is 111 Å². The number of nitrogens with zero attached hydrogens (tertiary/aromatic N) is 5. The van der Waals surface area contributed by atoms with Gasteiger partial charge in [-0.15, -0.1) is 11.6 Å². The van der Waals surface area contributed by atoms with Crippen molar-refractivity contribution in [3.8, 4) is 11.5 Å². The Balaban J connectivity index is 0.867. The number of imide groups is 1. The van der Waals surface area contributed by atoms with Crippen molar-refractivity contribution in [3.63, 3.8) is 0 Å². The number of alkyl halides is 1. The van der Waals surface area contributed by atoms with Gasteiger partial charge in [-0.25, -0.2) is 14.4 Å². The molecule has 2 aliphatic rings. The van der Waals surface area contributed by atoms with Crippen LogP contribution in [0.2, 0.25) is 0 Å². The molecule has 6 aromatic rings. The molecule has 0 bridgehead atoms. The van der Waals surface area contributed by atoms with Gasteiger partial charge in [0.05, 0.1) is 23.1 Å². The summed E-state index contributed by atoms with van der Waals surface area (Å²) < 4.78 is 24.0. The van der Waals surface area contributed by atoms with Gasteiger partial charge in [0.15, 0.2) is 11.5 Å². The van der Waals surface area contributed by atoms with Crippen molar-refractivity contribution in [2.45, 2.75) is 77.4 Å². The Morgan fingerprint density at radius 3 is 2.09 bits per heavy atom. The molecule has 89 heavy (non-hydrogen) atoms. The number of nitrogens with two attached hydrogens (primary N) is 1. The molecule has 9 amide bonds. The van der Waals surface area contributed by atoms with E-state index in [-0.39, 0.29) is 92.3 Å². The van der Waals surface area contributed by atoms with Crippen LogP contribution in [0.1, 0.15) is 85.5 Å².